The minimum absolute atomic E-state index is 0.0965. The zero-order valence-corrected chi connectivity index (χ0v) is 12.2. The minimum atomic E-state index is -4.86. The van der Waals surface area contributed by atoms with Crippen molar-refractivity contribution in [3.05, 3.63) is 63.5 Å². The van der Waals surface area contributed by atoms with Gasteiger partial charge in [-0.05, 0) is 24.3 Å². The van der Waals surface area contributed by atoms with Gasteiger partial charge < -0.3 is 4.74 Å². The Bertz CT molecular complexity index is 882. The molecule has 1 heterocycles. The number of amides is 1. The van der Waals surface area contributed by atoms with Crippen molar-refractivity contribution in [3.63, 3.8) is 0 Å². The molecule has 0 saturated carbocycles. The zero-order valence-electron chi connectivity index (χ0n) is 12.2. The third-order valence-corrected chi connectivity index (χ3v) is 3.57. The monoisotopic (exact) mass is 356 g/mol. The maximum absolute atomic E-state index is 13.7. The number of rotatable bonds is 2. The van der Waals surface area contributed by atoms with Crippen LogP contribution >= 0.6 is 0 Å². The Morgan fingerprint density at radius 3 is 2.48 bits per heavy atom. The van der Waals surface area contributed by atoms with E-state index in [0.717, 1.165) is 23.1 Å². The van der Waals surface area contributed by atoms with E-state index in [1.807, 2.05) is 0 Å². The third-order valence-electron chi connectivity index (χ3n) is 3.57. The van der Waals surface area contributed by atoms with E-state index < -0.39 is 28.4 Å². The number of fused-ring (bicyclic) bond motifs is 1. The smallest absolute Gasteiger partial charge is 0.419 e. The number of alkyl halides is 3. The molecule has 1 aliphatic heterocycles. The second kappa shape index (κ2) is 5.72. The van der Waals surface area contributed by atoms with E-state index in [2.05, 4.69) is 0 Å². The van der Waals surface area contributed by atoms with Crippen LogP contribution in [-0.4, -0.2) is 17.6 Å². The quantitative estimate of drug-likeness (QED) is 0.467. The largest absolute Gasteiger partial charge is 0.472 e. The summed E-state index contributed by atoms with van der Waals surface area (Å²) >= 11 is 0. The average Bonchev–Trinajstić information content (AvgIpc) is 2.53. The van der Waals surface area contributed by atoms with Gasteiger partial charge in [0, 0.05) is 12.1 Å². The maximum atomic E-state index is 13.7. The Kier molecular flexibility index (Phi) is 3.82. The van der Waals surface area contributed by atoms with Crippen molar-refractivity contribution in [2.45, 2.75) is 6.18 Å². The molecule has 0 radical (unpaired) electrons. The molecule has 0 aromatic heterocycles. The first-order chi connectivity index (χ1) is 11.7. The van der Waals surface area contributed by atoms with Crippen LogP contribution in [0.15, 0.2) is 36.4 Å². The standard InChI is InChI=1S/C15H8F4N2O4/c16-12-6-8(1-3-11(12)15(17,18)19)20-7-25-13-4-2-9(21(23)24)5-10(13)14(20)22/h1-6H,7H2. The number of hydrogen-bond acceptors (Lipinski definition) is 4. The minimum Gasteiger partial charge on any atom is -0.472 e. The Balaban J connectivity index is 1.98. The SMILES string of the molecule is O=C1c2cc([N+](=O)[O-])ccc2OCN1c1ccc(C(F)(F)F)c(F)c1. The van der Waals surface area contributed by atoms with Crippen molar-refractivity contribution in [3.8, 4) is 5.75 Å². The highest BCUT2D eigenvalue weighted by Crippen LogP contribution is 2.35. The van der Waals surface area contributed by atoms with Crippen LogP contribution in [0.1, 0.15) is 15.9 Å². The van der Waals surface area contributed by atoms with Crippen LogP contribution in [0.2, 0.25) is 0 Å². The van der Waals surface area contributed by atoms with E-state index in [1.54, 1.807) is 0 Å². The Morgan fingerprint density at radius 2 is 1.88 bits per heavy atom. The summed E-state index contributed by atoms with van der Waals surface area (Å²) < 4.78 is 56.8. The number of halogens is 4. The Hall–Kier alpha value is -3.17. The van der Waals surface area contributed by atoms with Crippen LogP contribution in [0, 0.1) is 15.9 Å². The molecule has 2 aromatic carbocycles. The topological polar surface area (TPSA) is 72.7 Å². The molecular formula is C15H8F4N2O4. The van der Waals surface area contributed by atoms with Crippen molar-refractivity contribution in [2.24, 2.45) is 0 Å². The molecule has 0 fully saturated rings. The number of benzene rings is 2. The molecule has 0 N–H and O–H groups in total. The average molecular weight is 356 g/mol. The number of nitro benzene ring substituents is 1. The van der Waals surface area contributed by atoms with Gasteiger partial charge in [-0.15, -0.1) is 0 Å². The highest BCUT2D eigenvalue weighted by Gasteiger charge is 2.35. The molecule has 0 atom stereocenters. The van der Waals surface area contributed by atoms with Crippen LogP contribution < -0.4 is 9.64 Å². The van der Waals surface area contributed by atoms with Crippen LogP contribution in [0.25, 0.3) is 0 Å². The lowest BCUT2D eigenvalue weighted by atomic mass is 10.1. The summed E-state index contributed by atoms with van der Waals surface area (Å²) in [5.74, 6) is -2.19. The lowest BCUT2D eigenvalue weighted by molar-refractivity contribution is -0.384. The van der Waals surface area contributed by atoms with Gasteiger partial charge in [0.2, 0.25) is 0 Å². The van der Waals surface area contributed by atoms with E-state index in [4.69, 9.17) is 4.74 Å². The number of anilines is 1. The predicted molar refractivity (Wildman–Crippen MR) is 76.8 cm³/mol. The number of nitrogens with zero attached hydrogens (tertiary/aromatic N) is 2. The summed E-state index contributed by atoms with van der Waals surface area (Å²) in [5, 5.41) is 10.8. The molecule has 0 spiro atoms. The molecule has 130 valence electrons. The fourth-order valence-corrected chi connectivity index (χ4v) is 2.36. The molecule has 3 rings (SSSR count). The number of non-ortho nitro benzene ring substituents is 1. The second-order valence-electron chi connectivity index (χ2n) is 5.11. The summed E-state index contributed by atoms with van der Waals surface area (Å²) in [6, 6.07) is 5.39. The second-order valence-corrected chi connectivity index (χ2v) is 5.11. The van der Waals surface area contributed by atoms with Crippen molar-refractivity contribution in [2.75, 3.05) is 11.6 Å². The number of carbonyl (C=O) groups excluding carboxylic acids is 1. The first-order valence-corrected chi connectivity index (χ1v) is 6.78. The van der Waals surface area contributed by atoms with Gasteiger partial charge in [-0.3, -0.25) is 19.8 Å². The summed E-state index contributed by atoms with van der Waals surface area (Å²) in [4.78, 5) is 23.4. The van der Waals surface area contributed by atoms with Crippen LogP contribution in [-0.2, 0) is 6.18 Å². The van der Waals surface area contributed by atoms with Gasteiger partial charge in [-0.25, -0.2) is 4.39 Å². The van der Waals surface area contributed by atoms with Gasteiger partial charge in [-0.1, -0.05) is 0 Å². The predicted octanol–water partition coefficient (Wildman–Crippen LogP) is 3.75. The summed E-state index contributed by atoms with van der Waals surface area (Å²) in [6.07, 6.45) is -4.86. The molecule has 0 unspecified atom stereocenters. The van der Waals surface area contributed by atoms with E-state index >= 15 is 0 Å². The molecule has 1 amide bonds. The highest BCUT2D eigenvalue weighted by atomic mass is 19.4. The number of nitro groups is 1. The molecule has 10 heteroatoms. The number of carbonyl (C=O) groups is 1. The maximum Gasteiger partial charge on any atom is 0.419 e. The first-order valence-electron chi connectivity index (χ1n) is 6.78. The van der Waals surface area contributed by atoms with Crippen molar-refractivity contribution < 1.29 is 32.0 Å². The van der Waals surface area contributed by atoms with E-state index in [1.165, 1.54) is 6.07 Å². The van der Waals surface area contributed by atoms with Gasteiger partial charge in [0.1, 0.15) is 11.6 Å². The third kappa shape index (κ3) is 2.97. The Labute approximate surface area is 137 Å². The lowest BCUT2D eigenvalue weighted by Crippen LogP contribution is -2.38. The van der Waals surface area contributed by atoms with Crippen molar-refractivity contribution >= 4 is 17.3 Å². The van der Waals surface area contributed by atoms with Gasteiger partial charge in [-0.2, -0.15) is 13.2 Å². The summed E-state index contributed by atoms with van der Waals surface area (Å²) in [5.41, 5.74) is -2.11. The fraction of sp³-hybridized carbons (Fsp3) is 0.133. The van der Waals surface area contributed by atoms with Crippen LogP contribution in [0.5, 0.6) is 5.75 Å². The highest BCUT2D eigenvalue weighted by molar-refractivity contribution is 6.09. The van der Waals surface area contributed by atoms with Gasteiger partial charge in [0.05, 0.1) is 21.7 Å². The normalized spacial score (nSPS) is 14.1. The van der Waals surface area contributed by atoms with Gasteiger partial charge in [0.25, 0.3) is 11.6 Å². The van der Waals surface area contributed by atoms with Gasteiger partial charge >= 0.3 is 6.18 Å². The first kappa shape index (κ1) is 16.7. The summed E-state index contributed by atoms with van der Waals surface area (Å²) in [6.45, 7) is -0.367. The number of ether oxygens (including phenoxy) is 1. The fourth-order valence-electron chi connectivity index (χ4n) is 2.36. The molecule has 6 nitrogen and oxygen atoms in total. The van der Waals surface area contributed by atoms with E-state index in [-0.39, 0.29) is 29.4 Å². The Morgan fingerprint density at radius 1 is 1.16 bits per heavy atom. The van der Waals surface area contributed by atoms with Crippen LogP contribution in [0.3, 0.4) is 0 Å². The lowest BCUT2D eigenvalue weighted by Gasteiger charge is -2.28. The molecule has 2 aromatic rings. The van der Waals surface area contributed by atoms with Crippen molar-refractivity contribution in [1.82, 2.24) is 0 Å². The number of hydrogen-bond donors (Lipinski definition) is 0. The molecule has 1 aliphatic rings. The summed E-state index contributed by atoms with van der Waals surface area (Å²) in [7, 11) is 0. The molecule has 0 aliphatic carbocycles. The van der Waals surface area contributed by atoms with E-state index in [0.29, 0.717) is 12.1 Å². The van der Waals surface area contributed by atoms with Crippen LogP contribution in [0.4, 0.5) is 28.9 Å². The van der Waals surface area contributed by atoms with E-state index in [9.17, 15) is 32.5 Å². The zero-order chi connectivity index (χ0) is 18.4. The molecule has 25 heavy (non-hydrogen) atoms. The van der Waals surface area contributed by atoms with Gasteiger partial charge in [0.15, 0.2) is 6.73 Å². The molecule has 0 saturated heterocycles. The molecular weight excluding hydrogens is 348 g/mol. The molecule has 0 bridgehead atoms. The van der Waals surface area contributed by atoms with Crippen molar-refractivity contribution in [1.29, 1.82) is 0 Å².